The van der Waals surface area contributed by atoms with Crippen LogP contribution in [-0.2, 0) is 14.8 Å². The lowest BCUT2D eigenvalue weighted by Gasteiger charge is -2.14. The zero-order valence-electron chi connectivity index (χ0n) is 12.7. The first-order valence-corrected chi connectivity index (χ1v) is 8.59. The lowest BCUT2D eigenvalue weighted by atomic mass is 9.98. The second kappa shape index (κ2) is 6.67. The molecule has 1 atom stereocenters. The fraction of sp³-hybridized carbons (Fsp3) is 0.400. The monoisotopic (exact) mass is 343 g/mol. The zero-order valence-corrected chi connectivity index (χ0v) is 13.6. The Balaban J connectivity index is 2.18. The normalized spacial score (nSPS) is 13.6. The lowest BCUT2D eigenvalue weighted by Crippen LogP contribution is -2.33. The number of furan rings is 1. The Bertz CT molecular complexity index is 812. The number of nitrogens with one attached hydrogen (secondary N) is 1. The summed E-state index contributed by atoms with van der Waals surface area (Å²) < 4.78 is 45.0. The van der Waals surface area contributed by atoms with Crippen molar-refractivity contribution in [2.75, 3.05) is 6.54 Å². The van der Waals surface area contributed by atoms with Gasteiger partial charge >= 0.3 is 5.97 Å². The Labute approximate surface area is 133 Å². The lowest BCUT2D eigenvalue weighted by molar-refractivity contribution is -0.142. The average molecular weight is 343 g/mol. The molecule has 2 rings (SSSR count). The Kier molecular flexibility index (Phi) is 5.06. The van der Waals surface area contributed by atoms with Crippen molar-refractivity contribution in [1.82, 2.24) is 4.72 Å². The van der Waals surface area contributed by atoms with Gasteiger partial charge in [-0.1, -0.05) is 13.8 Å². The highest BCUT2D eigenvalue weighted by molar-refractivity contribution is 7.89. The number of halogens is 1. The third-order valence-corrected chi connectivity index (χ3v) is 4.62. The van der Waals surface area contributed by atoms with Crippen LogP contribution in [0.4, 0.5) is 4.39 Å². The van der Waals surface area contributed by atoms with Crippen molar-refractivity contribution in [2.45, 2.75) is 25.4 Å². The summed E-state index contributed by atoms with van der Waals surface area (Å²) >= 11 is 0. The molecule has 0 saturated heterocycles. The second-order valence-corrected chi connectivity index (χ2v) is 7.46. The van der Waals surface area contributed by atoms with Crippen molar-refractivity contribution in [3.63, 3.8) is 0 Å². The third kappa shape index (κ3) is 4.29. The number of aliphatic carboxylic acids is 1. The first-order chi connectivity index (χ1) is 10.7. The van der Waals surface area contributed by atoms with Crippen LogP contribution in [-0.4, -0.2) is 26.0 Å². The molecule has 6 nitrogen and oxygen atoms in total. The van der Waals surface area contributed by atoms with Gasteiger partial charge in [-0.25, -0.2) is 17.5 Å². The molecule has 0 aliphatic rings. The summed E-state index contributed by atoms with van der Waals surface area (Å²) in [5.41, 5.74) is 0.240. The molecule has 0 spiro atoms. The topological polar surface area (TPSA) is 96.6 Å². The molecule has 0 aliphatic carbocycles. The summed E-state index contributed by atoms with van der Waals surface area (Å²) in [4.78, 5) is 11.2. The van der Waals surface area contributed by atoms with E-state index in [2.05, 4.69) is 4.72 Å². The van der Waals surface area contributed by atoms with Gasteiger partial charge in [-0.3, -0.25) is 4.79 Å². The van der Waals surface area contributed by atoms with Crippen molar-refractivity contribution >= 4 is 27.0 Å². The molecule has 2 aromatic rings. The number of fused-ring (bicyclic) bond motifs is 1. The molecule has 1 heterocycles. The Morgan fingerprint density at radius 3 is 2.65 bits per heavy atom. The van der Waals surface area contributed by atoms with Crippen LogP contribution >= 0.6 is 0 Å². The SMILES string of the molecule is CC(C)CC(CNS(=O)(=O)c1cc2cc(F)ccc2o1)C(=O)O. The number of carboxylic acid groups (broad SMARTS) is 1. The summed E-state index contributed by atoms with van der Waals surface area (Å²) in [7, 11) is -4.00. The van der Waals surface area contributed by atoms with E-state index in [4.69, 9.17) is 9.52 Å². The van der Waals surface area contributed by atoms with Crippen LogP contribution in [0.15, 0.2) is 33.8 Å². The highest BCUT2D eigenvalue weighted by atomic mass is 32.2. The molecule has 0 aliphatic heterocycles. The van der Waals surface area contributed by atoms with E-state index < -0.39 is 27.7 Å². The molecule has 2 N–H and O–H groups in total. The number of sulfonamides is 1. The Hall–Kier alpha value is -1.93. The van der Waals surface area contributed by atoms with Crippen molar-refractivity contribution in [1.29, 1.82) is 0 Å². The van der Waals surface area contributed by atoms with E-state index in [1.54, 1.807) is 0 Å². The maximum atomic E-state index is 13.1. The van der Waals surface area contributed by atoms with Gasteiger partial charge in [-0.05, 0) is 30.5 Å². The van der Waals surface area contributed by atoms with Crippen molar-refractivity contribution < 1.29 is 27.1 Å². The van der Waals surface area contributed by atoms with Gasteiger partial charge in [0, 0.05) is 18.0 Å². The molecule has 1 aromatic carbocycles. The molecule has 0 amide bonds. The fourth-order valence-corrected chi connectivity index (χ4v) is 3.29. The van der Waals surface area contributed by atoms with Crippen LogP contribution in [0.2, 0.25) is 0 Å². The van der Waals surface area contributed by atoms with E-state index in [1.165, 1.54) is 18.2 Å². The highest BCUT2D eigenvalue weighted by Crippen LogP contribution is 2.23. The van der Waals surface area contributed by atoms with Crippen molar-refractivity contribution in [3.8, 4) is 0 Å². The third-order valence-electron chi connectivity index (χ3n) is 3.35. The highest BCUT2D eigenvalue weighted by Gasteiger charge is 2.25. The number of rotatable bonds is 7. The molecule has 0 radical (unpaired) electrons. The summed E-state index contributed by atoms with van der Waals surface area (Å²) in [5, 5.41) is 9.09. The maximum absolute atomic E-state index is 13.1. The molecular formula is C15H18FNO5S. The molecule has 1 unspecified atom stereocenters. The molecule has 23 heavy (non-hydrogen) atoms. The predicted molar refractivity (Wildman–Crippen MR) is 81.9 cm³/mol. The van der Waals surface area contributed by atoms with Gasteiger partial charge in [0.1, 0.15) is 11.4 Å². The molecule has 126 valence electrons. The van der Waals surface area contributed by atoms with Crippen LogP contribution in [0.3, 0.4) is 0 Å². The standard InChI is InChI=1S/C15H18FNO5S/c1-9(2)5-11(15(18)19)8-17-23(20,21)14-7-10-6-12(16)3-4-13(10)22-14/h3-4,6-7,9,11,17H,5,8H2,1-2H3,(H,18,19). The molecule has 1 aromatic heterocycles. The van der Waals surface area contributed by atoms with E-state index in [0.29, 0.717) is 11.8 Å². The minimum Gasteiger partial charge on any atom is -0.481 e. The van der Waals surface area contributed by atoms with Gasteiger partial charge in [0.15, 0.2) is 0 Å². The second-order valence-electron chi connectivity index (χ2n) is 5.76. The number of carboxylic acids is 1. The minimum atomic E-state index is -4.00. The first-order valence-electron chi connectivity index (χ1n) is 7.10. The van der Waals surface area contributed by atoms with Gasteiger partial charge in [0.05, 0.1) is 5.92 Å². The van der Waals surface area contributed by atoms with Crippen LogP contribution in [0.25, 0.3) is 11.0 Å². The smallest absolute Gasteiger partial charge is 0.307 e. The molecule has 0 saturated carbocycles. The van der Waals surface area contributed by atoms with Gasteiger partial charge in [0.25, 0.3) is 10.0 Å². The van der Waals surface area contributed by atoms with E-state index in [0.717, 1.165) is 6.07 Å². The van der Waals surface area contributed by atoms with Gasteiger partial charge in [-0.2, -0.15) is 0 Å². The average Bonchev–Trinajstić information content (AvgIpc) is 2.86. The van der Waals surface area contributed by atoms with Gasteiger partial charge in [0.2, 0.25) is 5.09 Å². The van der Waals surface area contributed by atoms with Gasteiger partial charge in [-0.15, -0.1) is 0 Å². The van der Waals surface area contributed by atoms with Crippen LogP contribution in [0.5, 0.6) is 0 Å². The number of benzene rings is 1. The fourth-order valence-electron chi connectivity index (χ4n) is 2.24. The summed E-state index contributed by atoms with van der Waals surface area (Å²) in [6.45, 7) is 3.48. The quantitative estimate of drug-likeness (QED) is 0.805. The number of hydrogen-bond acceptors (Lipinski definition) is 4. The Morgan fingerprint density at radius 1 is 1.35 bits per heavy atom. The maximum Gasteiger partial charge on any atom is 0.307 e. The van der Waals surface area contributed by atoms with Crippen LogP contribution in [0, 0.1) is 17.7 Å². The summed E-state index contributed by atoms with van der Waals surface area (Å²) in [6, 6.07) is 4.87. The minimum absolute atomic E-state index is 0.120. The van der Waals surface area contributed by atoms with Crippen molar-refractivity contribution in [3.05, 3.63) is 30.1 Å². The van der Waals surface area contributed by atoms with E-state index >= 15 is 0 Å². The van der Waals surface area contributed by atoms with E-state index in [-0.39, 0.29) is 23.1 Å². The largest absolute Gasteiger partial charge is 0.481 e. The Morgan fingerprint density at radius 2 is 2.04 bits per heavy atom. The van der Waals surface area contributed by atoms with Crippen molar-refractivity contribution in [2.24, 2.45) is 11.8 Å². The molecular weight excluding hydrogens is 325 g/mol. The predicted octanol–water partition coefficient (Wildman–Crippen LogP) is 2.60. The van der Waals surface area contributed by atoms with E-state index in [9.17, 15) is 17.6 Å². The molecule has 0 fully saturated rings. The zero-order chi connectivity index (χ0) is 17.2. The van der Waals surface area contributed by atoms with Crippen LogP contribution < -0.4 is 4.72 Å². The van der Waals surface area contributed by atoms with Crippen LogP contribution in [0.1, 0.15) is 20.3 Å². The van der Waals surface area contributed by atoms with Gasteiger partial charge < -0.3 is 9.52 Å². The summed E-state index contributed by atoms with van der Waals surface area (Å²) in [5.74, 6) is -2.27. The molecule has 0 bridgehead atoms. The number of carbonyl (C=O) groups is 1. The van der Waals surface area contributed by atoms with E-state index in [1.807, 2.05) is 13.8 Å². The summed E-state index contributed by atoms with van der Waals surface area (Å²) in [6.07, 6.45) is 0.350. The molecule has 8 heteroatoms. The number of hydrogen-bond donors (Lipinski definition) is 2. The first kappa shape index (κ1) is 17.4.